The van der Waals surface area contributed by atoms with Crippen LogP contribution in [0.4, 0.5) is 13.2 Å². The van der Waals surface area contributed by atoms with Crippen LogP contribution < -0.4 is 16.4 Å². The van der Waals surface area contributed by atoms with Crippen LogP contribution in [0, 0.1) is 5.92 Å². The summed E-state index contributed by atoms with van der Waals surface area (Å²) in [7, 11) is 0. The zero-order valence-electron chi connectivity index (χ0n) is 10.1. The largest absolute Gasteiger partial charge is 0.409 e. The van der Waals surface area contributed by atoms with Crippen molar-refractivity contribution in [2.24, 2.45) is 16.8 Å². The zero-order valence-corrected chi connectivity index (χ0v) is 10.1. The highest BCUT2D eigenvalue weighted by Gasteiger charge is 2.42. The second-order valence-corrected chi connectivity index (χ2v) is 3.64. The second-order valence-electron chi connectivity index (χ2n) is 3.64. The Balaban J connectivity index is 4.50. The summed E-state index contributed by atoms with van der Waals surface area (Å²) in [4.78, 5) is 11.3. The van der Waals surface area contributed by atoms with E-state index in [2.05, 4.69) is 15.8 Å². The van der Waals surface area contributed by atoms with Crippen LogP contribution in [0.2, 0.25) is 0 Å². The zero-order chi connectivity index (χ0) is 14.3. The van der Waals surface area contributed by atoms with E-state index in [0.717, 1.165) is 0 Å². The summed E-state index contributed by atoms with van der Waals surface area (Å²) in [6.45, 7) is 2.86. The van der Waals surface area contributed by atoms with Gasteiger partial charge in [-0.05, 0) is 13.8 Å². The fourth-order valence-corrected chi connectivity index (χ4v) is 1.17. The molecule has 0 radical (unpaired) electrons. The number of oxime groups is 1. The third-order valence-corrected chi connectivity index (χ3v) is 2.24. The molecule has 2 atom stereocenters. The summed E-state index contributed by atoms with van der Waals surface area (Å²) < 4.78 is 37.6. The van der Waals surface area contributed by atoms with E-state index < -0.39 is 36.4 Å². The van der Waals surface area contributed by atoms with Gasteiger partial charge in [0.25, 0.3) is 0 Å². The first kappa shape index (κ1) is 16.5. The minimum atomic E-state index is -4.65. The van der Waals surface area contributed by atoms with Crippen molar-refractivity contribution in [1.82, 2.24) is 10.6 Å². The number of carbonyl (C=O) groups is 1. The Hall–Kier alpha value is -1.51. The van der Waals surface area contributed by atoms with E-state index in [1.54, 1.807) is 6.92 Å². The molecule has 18 heavy (non-hydrogen) atoms. The number of nitrogens with two attached hydrogens (primary N) is 1. The highest BCUT2D eigenvalue weighted by atomic mass is 19.4. The van der Waals surface area contributed by atoms with Crippen LogP contribution >= 0.6 is 0 Å². The molecule has 0 heterocycles. The van der Waals surface area contributed by atoms with Crippen molar-refractivity contribution in [3.63, 3.8) is 0 Å². The third kappa shape index (κ3) is 5.21. The number of nitrogens with zero attached hydrogens (tertiary/aromatic N) is 1. The van der Waals surface area contributed by atoms with E-state index in [4.69, 9.17) is 10.9 Å². The van der Waals surface area contributed by atoms with Gasteiger partial charge in [-0.1, -0.05) is 5.16 Å². The van der Waals surface area contributed by atoms with Gasteiger partial charge in [0, 0.05) is 13.1 Å². The van der Waals surface area contributed by atoms with Gasteiger partial charge in [-0.2, -0.15) is 13.2 Å². The lowest BCUT2D eigenvalue weighted by atomic mass is 10.1. The van der Waals surface area contributed by atoms with Gasteiger partial charge in [-0.15, -0.1) is 0 Å². The van der Waals surface area contributed by atoms with Crippen molar-refractivity contribution < 1.29 is 23.2 Å². The molecular weight excluding hydrogens is 253 g/mol. The summed E-state index contributed by atoms with van der Waals surface area (Å²) >= 11 is 0. The van der Waals surface area contributed by atoms with Gasteiger partial charge in [0.1, 0.15) is 5.92 Å². The minimum absolute atomic E-state index is 0.383. The molecule has 0 bridgehead atoms. The lowest BCUT2D eigenvalue weighted by Crippen LogP contribution is -2.49. The number of rotatable bonds is 6. The Morgan fingerprint density at radius 3 is 2.44 bits per heavy atom. The maximum atomic E-state index is 12.5. The molecule has 2 unspecified atom stereocenters. The number of nitrogens with one attached hydrogen (secondary N) is 2. The smallest absolute Gasteiger partial charge is 0.400 e. The van der Waals surface area contributed by atoms with Crippen LogP contribution in [0.5, 0.6) is 0 Å². The van der Waals surface area contributed by atoms with Crippen molar-refractivity contribution in [1.29, 1.82) is 0 Å². The SMILES string of the molecule is CCNC(=O)C(C)NCC(C(N)=NO)C(F)(F)F. The van der Waals surface area contributed by atoms with Crippen LogP contribution in [0.1, 0.15) is 13.8 Å². The van der Waals surface area contributed by atoms with Crippen molar-refractivity contribution >= 4 is 11.7 Å². The molecule has 0 aromatic carbocycles. The quantitative estimate of drug-likeness (QED) is 0.237. The summed E-state index contributed by atoms with van der Waals surface area (Å²) in [5.41, 5.74) is 4.96. The summed E-state index contributed by atoms with van der Waals surface area (Å²) in [5.74, 6) is -3.50. The molecule has 106 valence electrons. The number of hydrogen-bond donors (Lipinski definition) is 4. The third-order valence-electron chi connectivity index (χ3n) is 2.24. The first-order valence-corrected chi connectivity index (χ1v) is 5.29. The maximum Gasteiger partial charge on any atom is 0.400 e. The second kappa shape index (κ2) is 7.04. The van der Waals surface area contributed by atoms with Crippen LogP contribution in [0.3, 0.4) is 0 Å². The van der Waals surface area contributed by atoms with Gasteiger partial charge in [-0.3, -0.25) is 4.79 Å². The van der Waals surface area contributed by atoms with E-state index in [-0.39, 0.29) is 0 Å². The van der Waals surface area contributed by atoms with Gasteiger partial charge in [0.2, 0.25) is 5.91 Å². The first-order chi connectivity index (χ1) is 8.23. The monoisotopic (exact) mass is 270 g/mol. The lowest BCUT2D eigenvalue weighted by Gasteiger charge is -2.21. The Morgan fingerprint density at radius 2 is 2.06 bits per heavy atom. The van der Waals surface area contributed by atoms with Crippen LogP contribution in [0.15, 0.2) is 5.16 Å². The van der Waals surface area contributed by atoms with Crippen LogP contribution in [0.25, 0.3) is 0 Å². The maximum absolute atomic E-state index is 12.5. The molecular formula is C9H17F3N4O2. The molecule has 9 heteroatoms. The van der Waals surface area contributed by atoms with Crippen molar-refractivity contribution in [3.8, 4) is 0 Å². The van der Waals surface area contributed by atoms with Gasteiger partial charge in [-0.25, -0.2) is 0 Å². The molecule has 0 saturated carbocycles. The van der Waals surface area contributed by atoms with Gasteiger partial charge >= 0.3 is 6.18 Å². The molecule has 0 saturated heterocycles. The fraction of sp³-hybridized carbons (Fsp3) is 0.778. The number of hydrogen-bond acceptors (Lipinski definition) is 4. The highest BCUT2D eigenvalue weighted by Crippen LogP contribution is 2.25. The normalized spacial score (nSPS) is 16.2. The highest BCUT2D eigenvalue weighted by molar-refractivity contribution is 5.83. The minimum Gasteiger partial charge on any atom is -0.409 e. The summed E-state index contributed by atoms with van der Waals surface area (Å²) in [6, 6.07) is -0.804. The predicted molar refractivity (Wildman–Crippen MR) is 59.1 cm³/mol. The van der Waals surface area contributed by atoms with Crippen LogP contribution in [-0.4, -0.2) is 42.3 Å². The molecule has 0 aliphatic carbocycles. The van der Waals surface area contributed by atoms with E-state index in [9.17, 15) is 18.0 Å². The average molecular weight is 270 g/mol. The Morgan fingerprint density at radius 1 is 1.50 bits per heavy atom. The lowest BCUT2D eigenvalue weighted by molar-refractivity contribution is -0.155. The molecule has 0 aliphatic heterocycles. The van der Waals surface area contributed by atoms with E-state index in [1.165, 1.54) is 6.92 Å². The number of likely N-dealkylation sites (N-methyl/N-ethyl adjacent to an activating group) is 1. The number of amidine groups is 1. The first-order valence-electron chi connectivity index (χ1n) is 5.29. The number of halogens is 3. The number of amides is 1. The van der Waals surface area contributed by atoms with Crippen molar-refractivity contribution in [2.45, 2.75) is 26.1 Å². The average Bonchev–Trinajstić information content (AvgIpc) is 2.27. The Kier molecular flexibility index (Phi) is 6.45. The topological polar surface area (TPSA) is 99.7 Å². The summed E-state index contributed by atoms with van der Waals surface area (Å²) in [6.07, 6.45) is -4.65. The number of carbonyl (C=O) groups excluding carboxylic acids is 1. The number of alkyl halides is 3. The molecule has 6 nitrogen and oxygen atoms in total. The van der Waals surface area contributed by atoms with E-state index in [0.29, 0.717) is 6.54 Å². The van der Waals surface area contributed by atoms with Crippen molar-refractivity contribution in [2.75, 3.05) is 13.1 Å². The van der Waals surface area contributed by atoms with Gasteiger partial charge < -0.3 is 21.6 Å². The van der Waals surface area contributed by atoms with Crippen LogP contribution in [-0.2, 0) is 4.79 Å². The van der Waals surface area contributed by atoms with E-state index in [1.807, 2.05) is 0 Å². The fourth-order valence-electron chi connectivity index (χ4n) is 1.17. The Labute approximate surface area is 102 Å². The molecule has 0 rings (SSSR count). The Bertz CT molecular complexity index is 307. The molecule has 0 spiro atoms. The molecule has 0 fully saturated rings. The molecule has 0 aromatic heterocycles. The molecule has 5 N–H and O–H groups in total. The molecule has 0 aromatic rings. The van der Waals surface area contributed by atoms with E-state index >= 15 is 0 Å². The van der Waals surface area contributed by atoms with Gasteiger partial charge in [0.15, 0.2) is 5.84 Å². The van der Waals surface area contributed by atoms with Crippen molar-refractivity contribution in [3.05, 3.63) is 0 Å². The summed E-state index contributed by atoms with van der Waals surface area (Å²) in [5, 5.41) is 15.5. The van der Waals surface area contributed by atoms with Gasteiger partial charge in [0.05, 0.1) is 6.04 Å². The molecule has 1 amide bonds. The standard InChI is InChI=1S/C9H17F3N4O2/c1-3-14-8(17)5(2)15-4-6(7(13)16-18)9(10,11)12/h5-6,15,18H,3-4H2,1-2H3,(H2,13,16)(H,14,17). The molecule has 0 aliphatic rings. The predicted octanol–water partition coefficient (Wildman–Crippen LogP) is 0.0255.